The van der Waals surface area contributed by atoms with E-state index in [0.717, 1.165) is 32.3 Å². The summed E-state index contributed by atoms with van der Waals surface area (Å²) in [6.45, 7) is 3.87. The number of hydrogen-bond acceptors (Lipinski definition) is 4. The molecule has 22 heavy (non-hydrogen) atoms. The van der Waals surface area contributed by atoms with E-state index in [1.54, 1.807) is 24.3 Å². The van der Waals surface area contributed by atoms with Crippen LogP contribution in [-0.4, -0.2) is 51.7 Å². The standard InChI is InChI=1S/C15H23N3O3S/c1-22(20,21)17-14-8-3-2-7-13(14)15(19)16-9-6-12-18-10-4-5-11-18/h2-3,7-8,17H,4-6,9-12H2,1H3,(H,16,19). The van der Waals surface area contributed by atoms with Crippen LogP contribution in [0.2, 0.25) is 0 Å². The van der Waals surface area contributed by atoms with E-state index in [1.807, 2.05) is 0 Å². The minimum absolute atomic E-state index is 0.256. The van der Waals surface area contributed by atoms with Crippen LogP contribution in [-0.2, 0) is 10.0 Å². The Hall–Kier alpha value is -1.60. The van der Waals surface area contributed by atoms with Crippen molar-refractivity contribution in [1.82, 2.24) is 10.2 Å². The molecule has 7 heteroatoms. The van der Waals surface area contributed by atoms with Crippen molar-refractivity contribution in [3.8, 4) is 0 Å². The van der Waals surface area contributed by atoms with E-state index < -0.39 is 10.0 Å². The third-order valence-corrected chi connectivity index (χ3v) is 4.19. The van der Waals surface area contributed by atoms with Crippen LogP contribution in [0.3, 0.4) is 0 Å². The molecule has 1 aromatic carbocycles. The van der Waals surface area contributed by atoms with Crippen molar-refractivity contribution in [3.63, 3.8) is 0 Å². The van der Waals surface area contributed by atoms with E-state index in [2.05, 4.69) is 14.9 Å². The molecule has 122 valence electrons. The fourth-order valence-corrected chi connectivity index (χ4v) is 3.15. The molecule has 0 aliphatic carbocycles. The van der Waals surface area contributed by atoms with Gasteiger partial charge in [-0.25, -0.2) is 8.42 Å². The minimum Gasteiger partial charge on any atom is -0.352 e. The quantitative estimate of drug-likeness (QED) is 0.740. The average Bonchev–Trinajstić information content (AvgIpc) is 2.95. The average molecular weight is 325 g/mol. The number of para-hydroxylation sites is 1. The lowest BCUT2D eigenvalue weighted by Gasteiger charge is -2.15. The molecular weight excluding hydrogens is 302 g/mol. The Morgan fingerprint density at radius 2 is 1.91 bits per heavy atom. The summed E-state index contributed by atoms with van der Waals surface area (Å²) in [6, 6.07) is 6.60. The zero-order chi connectivity index (χ0) is 16.0. The van der Waals surface area contributed by atoms with Crippen LogP contribution in [0.1, 0.15) is 29.6 Å². The van der Waals surface area contributed by atoms with Gasteiger partial charge in [0, 0.05) is 6.54 Å². The maximum atomic E-state index is 12.2. The van der Waals surface area contributed by atoms with Crippen LogP contribution < -0.4 is 10.0 Å². The Balaban J connectivity index is 1.86. The van der Waals surface area contributed by atoms with Gasteiger partial charge in [0.15, 0.2) is 0 Å². The summed E-state index contributed by atoms with van der Waals surface area (Å²) in [4.78, 5) is 14.6. The van der Waals surface area contributed by atoms with Gasteiger partial charge in [-0.15, -0.1) is 0 Å². The highest BCUT2D eigenvalue weighted by Crippen LogP contribution is 2.16. The van der Waals surface area contributed by atoms with Gasteiger partial charge < -0.3 is 10.2 Å². The lowest BCUT2D eigenvalue weighted by Crippen LogP contribution is -2.29. The number of hydrogen-bond donors (Lipinski definition) is 2. The van der Waals surface area contributed by atoms with Crippen molar-refractivity contribution in [2.75, 3.05) is 37.2 Å². The van der Waals surface area contributed by atoms with Gasteiger partial charge in [-0.2, -0.15) is 0 Å². The SMILES string of the molecule is CS(=O)(=O)Nc1ccccc1C(=O)NCCCN1CCCC1. The summed E-state index contributed by atoms with van der Waals surface area (Å²) >= 11 is 0. The fourth-order valence-electron chi connectivity index (χ4n) is 2.58. The molecule has 1 aliphatic heterocycles. The summed E-state index contributed by atoms with van der Waals surface area (Å²) in [5.74, 6) is -0.256. The third-order valence-electron chi connectivity index (χ3n) is 3.60. The fraction of sp³-hybridized carbons (Fsp3) is 0.533. The Labute approximate surface area is 131 Å². The Kier molecular flexibility index (Phi) is 5.79. The molecule has 2 rings (SSSR count). The van der Waals surface area contributed by atoms with Gasteiger partial charge in [0.1, 0.15) is 0 Å². The van der Waals surface area contributed by atoms with E-state index in [0.29, 0.717) is 17.8 Å². The van der Waals surface area contributed by atoms with Gasteiger partial charge >= 0.3 is 0 Å². The Morgan fingerprint density at radius 3 is 2.59 bits per heavy atom. The van der Waals surface area contributed by atoms with Crippen molar-refractivity contribution < 1.29 is 13.2 Å². The zero-order valence-corrected chi connectivity index (χ0v) is 13.7. The van der Waals surface area contributed by atoms with Gasteiger partial charge in [-0.05, 0) is 51.0 Å². The van der Waals surface area contributed by atoms with Crippen LogP contribution in [0.15, 0.2) is 24.3 Å². The van der Waals surface area contributed by atoms with Gasteiger partial charge in [0.25, 0.3) is 5.91 Å². The van der Waals surface area contributed by atoms with Crippen LogP contribution >= 0.6 is 0 Å². The molecule has 1 saturated heterocycles. The highest BCUT2D eigenvalue weighted by Gasteiger charge is 2.14. The topological polar surface area (TPSA) is 78.5 Å². The van der Waals surface area contributed by atoms with Crippen molar-refractivity contribution in [2.45, 2.75) is 19.3 Å². The first-order chi connectivity index (χ1) is 10.5. The van der Waals surface area contributed by atoms with Crippen molar-refractivity contribution in [2.24, 2.45) is 0 Å². The van der Waals surface area contributed by atoms with Crippen LogP contribution in [0.4, 0.5) is 5.69 Å². The number of benzene rings is 1. The van der Waals surface area contributed by atoms with E-state index in [-0.39, 0.29) is 5.91 Å². The molecule has 1 heterocycles. The maximum absolute atomic E-state index is 12.2. The number of carbonyl (C=O) groups is 1. The second-order valence-electron chi connectivity index (χ2n) is 5.58. The van der Waals surface area contributed by atoms with Crippen LogP contribution in [0.5, 0.6) is 0 Å². The molecular formula is C15H23N3O3S. The normalized spacial score (nSPS) is 15.7. The van der Waals surface area contributed by atoms with Crippen molar-refractivity contribution in [3.05, 3.63) is 29.8 Å². The molecule has 1 aromatic rings. The number of rotatable bonds is 7. The Morgan fingerprint density at radius 1 is 1.23 bits per heavy atom. The largest absolute Gasteiger partial charge is 0.352 e. The number of sulfonamides is 1. The lowest BCUT2D eigenvalue weighted by atomic mass is 10.1. The predicted octanol–water partition coefficient (Wildman–Crippen LogP) is 1.27. The van der Waals surface area contributed by atoms with Crippen molar-refractivity contribution in [1.29, 1.82) is 0 Å². The highest BCUT2D eigenvalue weighted by molar-refractivity contribution is 7.92. The lowest BCUT2D eigenvalue weighted by molar-refractivity contribution is 0.0953. The van der Waals surface area contributed by atoms with Gasteiger partial charge in [-0.1, -0.05) is 12.1 Å². The van der Waals surface area contributed by atoms with E-state index in [4.69, 9.17) is 0 Å². The van der Waals surface area contributed by atoms with Crippen molar-refractivity contribution >= 4 is 21.6 Å². The number of nitrogens with zero attached hydrogens (tertiary/aromatic N) is 1. The second-order valence-corrected chi connectivity index (χ2v) is 7.33. The molecule has 0 spiro atoms. The smallest absolute Gasteiger partial charge is 0.253 e. The first kappa shape index (κ1) is 16.8. The van der Waals surface area contributed by atoms with E-state index in [9.17, 15) is 13.2 Å². The zero-order valence-electron chi connectivity index (χ0n) is 12.8. The molecule has 0 atom stereocenters. The molecule has 0 bridgehead atoms. The molecule has 6 nitrogen and oxygen atoms in total. The number of nitrogens with one attached hydrogen (secondary N) is 2. The van der Waals surface area contributed by atoms with Gasteiger partial charge in [-0.3, -0.25) is 9.52 Å². The molecule has 0 aromatic heterocycles. The minimum atomic E-state index is -3.41. The Bertz CT molecular complexity index is 610. The summed E-state index contributed by atoms with van der Waals surface area (Å²) in [5, 5.41) is 2.85. The third kappa shape index (κ3) is 5.31. The monoisotopic (exact) mass is 325 g/mol. The molecule has 1 aliphatic rings. The predicted molar refractivity (Wildman–Crippen MR) is 87.5 cm³/mol. The second kappa shape index (κ2) is 7.60. The van der Waals surface area contributed by atoms with Crippen LogP contribution in [0, 0.1) is 0 Å². The molecule has 0 unspecified atom stereocenters. The molecule has 2 N–H and O–H groups in total. The first-order valence-electron chi connectivity index (χ1n) is 7.53. The molecule has 1 amide bonds. The van der Waals surface area contributed by atoms with Gasteiger partial charge in [0.2, 0.25) is 10.0 Å². The highest BCUT2D eigenvalue weighted by atomic mass is 32.2. The summed E-state index contributed by atoms with van der Waals surface area (Å²) in [5.41, 5.74) is 0.649. The van der Waals surface area contributed by atoms with E-state index >= 15 is 0 Å². The molecule has 0 saturated carbocycles. The number of amides is 1. The number of likely N-dealkylation sites (tertiary alicyclic amines) is 1. The van der Waals surface area contributed by atoms with E-state index in [1.165, 1.54) is 12.8 Å². The number of carbonyl (C=O) groups excluding carboxylic acids is 1. The summed E-state index contributed by atoms with van der Waals surface area (Å²) < 4.78 is 25.0. The maximum Gasteiger partial charge on any atom is 0.253 e. The molecule has 1 fully saturated rings. The van der Waals surface area contributed by atoms with Crippen LogP contribution in [0.25, 0.3) is 0 Å². The molecule has 0 radical (unpaired) electrons. The summed E-state index contributed by atoms with van der Waals surface area (Å²) in [7, 11) is -3.41. The number of anilines is 1. The summed E-state index contributed by atoms with van der Waals surface area (Å²) in [6.07, 6.45) is 4.49. The first-order valence-corrected chi connectivity index (χ1v) is 9.42. The van der Waals surface area contributed by atoms with Gasteiger partial charge in [0.05, 0.1) is 17.5 Å².